The smallest absolute Gasteiger partial charge is 0.0704 e. The van der Waals surface area contributed by atoms with Crippen LogP contribution < -0.4 is 5.32 Å². The number of nitrogens with one attached hydrogen (secondary N) is 1. The van der Waals surface area contributed by atoms with Gasteiger partial charge in [0, 0.05) is 18.8 Å². The van der Waals surface area contributed by atoms with E-state index in [1.54, 1.807) is 0 Å². The molecular weight excluding hydrogens is 280 g/mol. The Labute approximate surface area is 140 Å². The minimum atomic E-state index is 1.02. The first-order valence-electron chi connectivity index (χ1n) is 7.62. The topological polar surface area (TPSA) is 24.9 Å². The molecule has 0 atom stereocenters. The molecule has 2 aromatic rings. The van der Waals surface area contributed by atoms with Crippen LogP contribution in [0.4, 0.5) is 0 Å². The van der Waals surface area contributed by atoms with Crippen LogP contribution in [0.1, 0.15) is 25.0 Å². The standard InChI is InChI=1S/C15H15N.C6H11N/c1-11(2)13-4-6-14(7-5-13)15-10-12(3)8-9-16-15;1-6(2)4-5-7-3/h4-10H,1H2,2-3H3;4-5,7H,1H2,2-3H3/b;5-4-. The van der Waals surface area contributed by atoms with E-state index >= 15 is 0 Å². The minimum absolute atomic E-state index is 1.02. The fourth-order valence-electron chi connectivity index (χ4n) is 1.85. The Morgan fingerprint density at radius 1 is 1.09 bits per heavy atom. The first kappa shape index (κ1) is 18.4. The Morgan fingerprint density at radius 3 is 2.17 bits per heavy atom. The Balaban J connectivity index is 0.000000322. The maximum absolute atomic E-state index is 4.36. The van der Waals surface area contributed by atoms with Gasteiger partial charge in [-0.2, -0.15) is 0 Å². The molecule has 1 aromatic heterocycles. The van der Waals surface area contributed by atoms with Crippen molar-refractivity contribution in [2.24, 2.45) is 0 Å². The molecule has 1 N–H and O–H groups in total. The lowest BCUT2D eigenvalue weighted by atomic mass is 10.0. The molecule has 0 aliphatic heterocycles. The van der Waals surface area contributed by atoms with E-state index in [0.717, 1.165) is 22.4 Å². The molecule has 120 valence electrons. The number of nitrogens with zero attached hydrogens (tertiary/aromatic N) is 1. The fourth-order valence-corrected chi connectivity index (χ4v) is 1.85. The molecule has 0 spiro atoms. The molecule has 0 aliphatic carbocycles. The predicted octanol–water partition coefficient (Wildman–Crippen LogP) is 5.39. The van der Waals surface area contributed by atoms with E-state index in [1.807, 2.05) is 45.4 Å². The van der Waals surface area contributed by atoms with Gasteiger partial charge in [-0.3, -0.25) is 4.98 Å². The summed E-state index contributed by atoms with van der Waals surface area (Å²) in [5, 5.41) is 2.86. The van der Waals surface area contributed by atoms with Gasteiger partial charge in [-0.25, -0.2) is 0 Å². The Hall–Kier alpha value is -2.61. The summed E-state index contributed by atoms with van der Waals surface area (Å²) in [6.07, 6.45) is 5.61. The summed E-state index contributed by atoms with van der Waals surface area (Å²) in [5.74, 6) is 0. The van der Waals surface area contributed by atoms with E-state index in [2.05, 4.69) is 60.7 Å². The number of aryl methyl sites for hydroxylation is 1. The van der Waals surface area contributed by atoms with Gasteiger partial charge in [0.2, 0.25) is 0 Å². The molecule has 0 fully saturated rings. The molecule has 0 aliphatic rings. The summed E-state index contributed by atoms with van der Waals surface area (Å²) in [4.78, 5) is 4.36. The third-order valence-corrected chi connectivity index (χ3v) is 3.12. The summed E-state index contributed by atoms with van der Waals surface area (Å²) in [7, 11) is 1.86. The van der Waals surface area contributed by atoms with Gasteiger partial charge in [0.1, 0.15) is 0 Å². The van der Waals surface area contributed by atoms with Crippen LogP contribution in [0.2, 0.25) is 0 Å². The maximum Gasteiger partial charge on any atom is 0.0704 e. The first-order valence-corrected chi connectivity index (χ1v) is 7.62. The zero-order valence-corrected chi connectivity index (χ0v) is 14.6. The lowest BCUT2D eigenvalue weighted by Crippen LogP contribution is -1.90. The van der Waals surface area contributed by atoms with Crippen molar-refractivity contribution in [3.8, 4) is 11.3 Å². The Morgan fingerprint density at radius 2 is 1.74 bits per heavy atom. The largest absolute Gasteiger partial charge is 0.394 e. The average molecular weight is 306 g/mol. The quantitative estimate of drug-likeness (QED) is 0.766. The van der Waals surface area contributed by atoms with Crippen molar-refractivity contribution >= 4 is 5.57 Å². The van der Waals surface area contributed by atoms with Crippen LogP contribution in [0.5, 0.6) is 0 Å². The van der Waals surface area contributed by atoms with Gasteiger partial charge in [-0.05, 0) is 56.3 Å². The lowest BCUT2D eigenvalue weighted by Gasteiger charge is -2.04. The third kappa shape index (κ3) is 6.79. The van der Waals surface area contributed by atoms with Crippen LogP contribution in [-0.2, 0) is 0 Å². The van der Waals surface area contributed by atoms with Crippen molar-refractivity contribution < 1.29 is 0 Å². The minimum Gasteiger partial charge on any atom is -0.394 e. The van der Waals surface area contributed by atoms with Gasteiger partial charge in [-0.15, -0.1) is 0 Å². The molecule has 0 radical (unpaired) electrons. The van der Waals surface area contributed by atoms with Crippen LogP contribution in [0.25, 0.3) is 16.8 Å². The zero-order chi connectivity index (χ0) is 17.2. The number of allylic oxidation sites excluding steroid dienone is 3. The average Bonchev–Trinajstić information content (AvgIpc) is 2.53. The van der Waals surface area contributed by atoms with E-state index in [9.17, 15) is 0 Å². The number of aromatic nitrogens is 1. The van der Waals surface area contributed by atoms with E-state index in [1.165, 1.54) is 11.1 Å². The van der Waals surface area contributed by atoms with E-state index in [4.69, 9.17) is 0 Å². The number of rotatable bonds is 4. The van der Waals surface area contributed by atoms with Crippen LogP contribution in [-0.4, -0.2) is 12.0 Å². The van der Waals surface area contributed by atoms with Crippen LogP contribution in [0.3, 0.4) is 0 Å². The summed E-state index contributed by atoms with van der Waals surface area (Å²) in [6, 6.07) is 12.4. The Bertz CT molecular complexity index is 679. The second-order valence-electron chi connectivity index (χ2n) is 5.54. The van der Waals surface area contributed by atoms with Crippen LogP contribution in [0.15, 0.2) is 73.6 Å². The second kappa shape index (κ2) is 9.42. The van der Waals surface area contributed by atoms with Crippen molar-refractivity contribution in [3.05, 3.63) is 84.7 Å². The first-order chi connectivity index (χ1) is 10.9. The van der Waals surface area contributed by atoms with E-state index in [-0.39, 0.29) is 0 Å². The molecule has 0 unspecified atom stereocenters. The van der Waals surface area contributed by atoms with Crippen molar-refractivity contribution in [2.75, 3.05) is 7.05 Å². The van der Waals surface area contributed by atoms with Gasteiger partial charge in [0.05, 0.1) is 5.69 Å². The number of hydrogen-bond acceptors (Lipinski definition) is 2. The summed E-state index contributed by atoms with van der Waals surface area (Å²) >= 11 is 0. The maximum atomic E-state index is 4.36. The number of hydrogen-bond donors (Lipinski definition) is 1. The van der Waals surface area contributed by atoms with Crippen molar-refractivity contribution in [3.63, 3.8) is 0 Å². The lowest BCUT2D eigenvalue weighted by molar-refractivity contribution is 1.10. The molecule has 2 heteroatoms. The molecule has 1 heterocycles. The molecule has 2 rings (SSSR count). The number of pyridine rings is 1. The molecule has 0 amide bonds. The van der Waals surface area contributed by atoms with Crippen molar-refractivity contribution in [1.29, 1.82) is 0 Å². The van der Waals surface area contributed by atoms with Crippen LogP contribution in [0, 0.1) is 6.92 Å². The van der Waals surface area contributed by atoms with Gasteiger partial charge in [0.15, 0.2) is 0 Å². The third-order valence-electron chi connectivity index (χ3n) is 3.12. The predicted molar refractivity (Wildman–Crippen MR) is 102 cm³/mol. The molecule has 0 saturated carbocycles. The highest BCUT2D eigenvalue weighted by molar-refractivity contribution is 5.66. The summed E-state index contributed by atoms with van der Waals surface area (Å²) in [5.41, 5.74) is 6.73. The second-order valence-corrected chi connectivity index (χ2v) is 5.54. The van der Waals surface area contributed by atoms with E-state index in [0.29, 0.717) is 0 Å². The Kier molecular flexibility index (Phi) is 7.55. The highest BCUT2D eigenvalue weighted by atomic mass is 14.8. The highest BCUT2D eigenvalue weighted by Crippen LogP contribution is 2.20. The molecule has 23 heavy (non-hydrogen) atoms. The van der Waals surface area contributed by atoms with Crippen molar-refractivity contribution in [1.82, 2.24) is 10.3 Å². The molecule has 2 nitrogen and oxygen atoms in total. The fraction of sp³-hybridized carbons (Fsp3) is 0.190. The SMILES string of the molecule is C=C(C)/C=C\NC.C=C(C)c1ccc(-c2cc(C)ccn2)cc1. The molecule has 0 bridgehead atoms. The molecule has 0 saturated heterocycles. The monoisotopic (exact) mass is 306 g/mol. The summed E-state index contributed by atoms with van der Waals surface area (Å²) in [6.45, 7) is 13.6. The summed E-state index contributed by atoms with van der Waals surface area (Å²) < 4.78 is 0. The van der Waals surface area contributed by atoms with Gasteiger partial charge in [0.25, 0.3) is 0 Å². The number of benzene rings is 1. The van der Waals surface area contributed by atoms with Crippen LogP contribution >= 0.6 is 0 Å². The molecular formula is C21H26N2. The highest BCUT2D eigenvalue weighted by Gasteiger charge is 1.99. The van der Waals surface area contributed by atoms with Gasteiger partial charge in [-0.1, -0.05) is 48.6 Å². The normalized spacial score (nSPS) is 9.91. The zero-order valence-electron chi connectivity index (χ0n) is 14.6. The van der Waals surface area contributed by atoms with E-state index < -0.39 is 0 Å². The van der Waals surface area contributed by atoms with Crippen molar-refractivity contribution in [2.45, 2.75) is 20.8 Å². The molecule has 1 aromatic carbocycles. The van der Waals surface area contributed by atoms with Gasteiger partial charge >= 0.3 is 0 Å². The van der Waals surface area contributed by atoms with Gasteiger partial charge < -0.3 is 5.32 Å².